The number of methoxy groups -OCH3 is 1. The van der Waals surface area contributed by atoms with Crippen molar-refractivity contribution in [2.45, 2.75) is 19.0 Å². The molecule has 1 rings (SSSR count). The zero-order valence-electron chi connectivity index (χ0n) is 10.5. The van der Waals surface area contributed by atoms with Gasteiger partial charge in [-0.3, -0.25) is 0 Å². The topological polar surface area (TPSA) is 38.5 Å². The quantitative estimate of drug-likeness (QED) is 0.812. The number of hydrogen-bond acceptors (Lipinski definition) is 3. The van der Waals surface area contributed by atoms with Crippen LogP contribution in [0, 0.1) is 0 Å². The number of ether oxygens (including phenoxy) is 1. The minimum Gasteiger partial charge on any atom is -0.385 e. The second-order valence-corrected chi connectivity index (χ2v) is 4.80. The van der Waals surface area contributed by atoms with Crippen molar-refractivity contribution in [1.29, 1.82) is 0 Å². The molecule has 2 N–H and O–H groups in total. The Bertz CT molecular complexity index is 333. The molecule has 0 radical (unpaired) electrons. The zero-order valence-corrected chi connectivity index (χ0v) is 11.3. The molecule has 17 heavy (non-hydrogen) atoms. The van der Waals surface area contributed by atoms with E-state index >= 15 is 0 Å². The maximum atomic E-state index is 6.00. The van der Waals surface area contributed by atoms with Crippen LogP contribution < -0.4 is 5.73 Å². The van der Waals surface area contributed by atoms with E-state index < -0.39 is 0 Å². The van der Waals surface area contributed by atoms with Gasteiger partial charge in [-0.1, -0.05) is 23.7 Å². The van der Waals surface area contributed by atoms with Crippen molar-refractivity contribution < 1.29 is 4.74 Å². The standard InChI is InChI=1S/C13H21ClN2O/c1-16(10-13(15)6-7-17-2)9-11-4-3-5-12(14)8-11/h3-5,8,13H,6-7,9-10,15H2,1-2H3. The molecule has 96 valence electrons. The number of rotatable bonds is 7. The molecule has 0 aliphatic rings. The van der Waals surface area contributed by atoms with Gasteiger partial charge in [-0.2, -0.15) is 0 Å². The van der Waals surface area contributed by atoms with Crippen LogP contribution in [0.4, 0.5) is 0 Å². The summed E-state index contributed by atoms with van der Waals surface area (Å²) in [6, 6.07) is 8.06. The lowest BCUT2D eigenvalue weighted by Crippen LogP contribution is -2.35. The fourth-order valence-corrected chi connectivity index (χ4v) is 1.99. The van der Waals surface area contributed by atoms with Crippen LogP contribution in [-0.4, -0.2) is 38.3 Å². The first-order chi connectivity index (χ1) is 8.11. The number of likely N-dealkylation sites (N-methyl/N-ethyl adjacent to an activating group) is 1. The molecule has 4 heteroatoms. The van der Waals surface area contributed by atoms with Crippen molar-refractivity contribution in [2.75, 3.05) is 27.3 Å². The second-order valence-electron chi connectivity index (χ2n) is 4.37. The van der Waals surface area contributed by atoms with Crippen LogP contribution in [0.25, 0.3) is 0 Å². The average Bonchev–Trinajstić information content (AvgIpc) is 2.26. The lowest BCUT2D eigenvalue weighted by Gasteiger charge is -2.21. The van der Waals surface area contributed by atoms with Crippen molar-refractivity contribution in [3.8, 4) is 0 Å². The summed E-state index contributed by atoms with van der Waals surface area (Å²) in [5.41, 5.74) is 7.20. The van der Waals surface area contributed by atoms with Gasteiger partial charge in [0.05, 0.1) is 0 Å². The van der Waals surface area contributed by atoms with E-state index in [0.29, 0.717) is 6.61 Å². The normalized spacial score (nSPS) is 13.0. The predicted octanol–water partition coefficient (Wildman–Crippen LogP) is 2.14. The monoisotopic (exact) mass is 256 g/mol. The van der Waals surface area contributed by atoms with Gasteiger partial charge in [0.1, 0.15) is 0 Å². The highest BCUT2D eigenvalue weighted by Crippen LogP contribution is 2.12. The first-order valence-corrected chi connectivity index (χ1v) is 6.17. The van der Waals surface area contributed by atoms with Crippen LogP contribution in [0.5, 0.6) is 0 Å². The van der Waals surface area contributed by atoms with E-state index in [-0.39, 0.29) is 6.04 Å². The van der Waals surface area contributed by atoms with E-state index in [4.69, 9.17) is 22.1 Å². The third-order valence-corrected chi connectivity index (χ3v) is 2.82. The molecule has 1 aromatic rings. The molecule has 1 aromatic carbocycles. The Morgan fingerprint density at radius 3 is 2.88 bits per heavy atom. The Morgan fingerprint density at radius 1 is 1.47 bits per heavy atom. The molecule has 1 unspecified atom stereocenters. The molecule has 0 saturated heterocycles. The molecule has 0 aliphatic carbocycles. The molecule has 0 aromatic heterocycles. The van der Waals surface area contributed by atoms with Gasteiger partial charge < -0.3 is 15.4 Å². The Morgan fingerprint density at radius 2 is 2.24 bits per heavy atom. The minimum absolute atomic E-state index is 0.152. The number of nitrogens with two attached hydrogens (primary N) is 1. The van der Waals surface area contributed by atoms with Gasteiger partial charge in [0, 0.05) is 37.9 Å². The van der Waals surface area contributed by atoms with Crippen molar-refractivity contribution >= 4 is 11.6 Å². The number of benzene rings is 1. The lowest BCUT2D eigenvalue weighted by atomic mass is 10.2. The van der Waals surface area contributed by atoms with Gasteiger partial charge >= 0.3 is 0 Å². The van der Waals surface area contributed by atoms with E-state index in [9.17, 15) is 0 Å². The Hall–Kier alpha value is -0.610. The Balaban J connectivity index is 2.36. The summed E-state index contributed by atoms with van der Waals surface area (Å²) in [6.45, 7) is 2.43. The molecule has 0 bridgehead atoms. The molecular weight excluding hydrogens is 236 g/mol. The van der Waals surface area contributed by atoms with Crippen molar-refractivity contribution in [3.63, 3.8) is 0 Å². The SMILES string of the molecule is COCCC(N)CN(C)Cc1cccc(Cl)c1. The Labute approximate surface area is 109 Å². The summed E-state index contributed by atoms with van der Waals surface area (Å²) >= 11 is 5.94. The minimum atomic E-state index is 0.152. The summed E-state index contributed by atoms with van der Waals surface area (Å²) in [7, 11) is 3.76. The van der Waals surface area contributed by atoms with Gasteiger partial charge in [-0.05, 0) is 31.2 Å². The van der Waals surface area contributed by atoms with Crippen molar-refractivity contribution in [2.24, 2.45) is 5.73 Å². The van der Waals surface area contributed by atoms with Crippen LogP contribution in [0.15, 0.2) is 24.3 Å². The molecule has 0 fully saturated rings. The van der Waals surface area contributed by atoms with E-state index in [1.165, 1.54) is 5.56 Å². The lowest BCUT2D eigenvalue weighted by molar-refractivity contribution is 0.179. The molecule has 0 spiro atoms. The van der Waals surface area contributed by atoms with E-state index in [2.05, 4.69) is 18.0 Å². The summed E-state index contributed by atoms with van der Waals surface area (Å²) in [6.07, 6.45) is 0.885. The number of halogens is 1. The smallest absolute Gasteiger partial charge is 0.0477 e. The molecule has 1 atom stereocenters. The van der Waals surface area contributed by atoms with Gasteiger partial charge in [0.25, 0.3) is 0 Å². The highest BCUT2D eigenvalue weighted by atomic mass is 35.5. The third-order valence-electron chi connectivity index (χ3n) is 2.58. The van der Waals surface area contributed by atoms with E-state index in [1.54, 1.807) is 7.11 Å². The van der Waals surface area contributed by atoms with Crippen LogP contribution in [0.2, 0.25) is 5.02 Å². The fraction of sp³-hybridized carbons (Fsp3) is 0.538. The van der Waals surface area contributed by atoms with Crippen LogP contribution >= 0.6 is 11.6 Å². The predicted molar refractivity (Wildman–Crippen MR) is 72.3 cm³/mol. The highest BCUT2D eigenvalue weighted by molar-refractivity contribution is 6.30. The van der Waals surface area contributed by atoms with E-state index in [0.717, 1.165) is 24.5 Å². The second kappa shape index (κ2) is 7.67. The van der Waals surface area contributed by atoms with Crippen LogP contribution in [0.1, 0.15) is 12.0 Å². The first-order valence-electron chi connectivity index (χ1n) is 5.79. The highest BCUT2D eigenvalue weighted by Gasteiger charge is 2.07. The maximum Gasteiger partial charge on any atom is 0.0477 e. The molecule has 0 aliphatic heterocycles. The fourth-order valence-electron chi connectivity index (χ4n) is 1.77. The molecule has 0 amide bonds. The third kappa shape index (κ3) is 6.03. The van der Waals surface area contributed by atoms with Gasteiger partial charge in [-0.15, -0.1) is 0 Å². The van der Waals surface area contributed by atoms with E-state index in [1.807, 2.05) is 18.2 Å². The largest absolute Gasteiger partial charge is 0.385 e. The van der Waals surface area contributed by atoms with Crippen LogP contribution in [0.3, 0.4) is 0 Å². The summed E-state index contributed by atoms with van der Waals surface area (Å²) in [4.78, 5) is 2.20. The van der Waals surface area contributed by atoms with Crippen molar-refractivity contribution in [3.05, 3.63) is 34.9 Å². The molecule has 0 saturated carbocycles. The van der Waals surface area contributed by atoms with Crippen LogP contribution in [-0.2, 0) is 11.3 Å². The molecule has 3 nitrogen and oxygen atoms in total. The first kappa shape index (κ1) is 14.5. The summed E-state index contributed by atoms with van der Waals surface area (Å²) in [5, 5.41) is 0.777. The molecular formula is C13H21ClN2O. The number of nitrogens with zero attached hydrogens (tertiary/aromatic N) is 1. The summed E-state index contributed by atoms with van der Waals surface area (Å²) < 4.78 is 5.01. The van der Waals surface area contributed by atoms with Gasteiger partial charge in [0.15, 0.2) is 0 Å². The number of hydrogen-bond donors (Lipinski definition) is 1. The van der Waals surface area contributed by atoms with Gasteiger partial charge in [-0.25, -0.2) is 0 Å². The summed E-state index contributed by atoms with van der Waals surface area (Å²) in [5.74, 6) is 0. The van der Waals surface area contributed by atoms with Crippen molar-refractivity contribution in [1.82, 2.24) is 4.90 Å². The Kier molecular flexibility index (Phi) is 6.52. The molecule has 0 heterocycles. The zero-order chi connectivity index (χ0) is 12.7. The van der Waals surface area contributed by atoms with Gasteiger partial charge in [0.2, 0.25) is 0 Å². The average molecular weight is 257 g/mol. The maximum absolute atomic E-state index is 6.00.